The Morgan fingerprint density at radius 1 is 1.27 bits per heavy atom. The number of benzene rings is 1. The Bertz CT molecular complexity index is 602. The smallest absolute Gasteiger partial charge is 0.223 e. The van der Waals surface area contributed by atoms with Gasteiger partial charge in [-0.1, -0.05) is 0 Å². The maximum absolute atomic E-state index is 12.8. The molecule has 4 nitrogen and oxygen atoms in total. The fraction of sp³-hybridized carbons (Fsp3) is 0.533. The second-order valence-corrected chi connectivity index (χ2v) is 8.90. The van der Waals surface area contributed by atoms with Gasteiger partial charge >= 0.3 is 0 Å². The first kappa shape index (κ1) is 19.0. The van der Waals surface area contributed by atoms with Gasteiger partial charge in [0, 0.05) is 36.4 Å². The molecule has 7 heteroatoms. The Kier molecular flexibility index (Phi) is 6.87. The minimum absolute atomic E-state index is 0.0994. The van der Waals surface area contributed by atoms with Gasteiger partial charge in [0.05, 0.1) is 5.25 Å². The third-order valence-electron chi connectivity index (χ3n) is 3.76. The predicted octanol–water partition coefficient (Wildman–Crippen LogP) is 2.59. The van der Waals surface area contributed by atoms with Crippen molar-refractivity contribution < 1.29 is 17.6 Å². The van der Waals surface area contributed by atoms with Gasteiger partial charge in [-0.2, -0.15) is 0 Å². The summed E-state index contributed by atoms with van der Waals surface area (Å²) >= 11 is 1.47. The Morgan fingerprint density at radius 2 is 1.82 bits per heavy atom. The van der Waals surface area contributed by atoms with Crippen LogP contribution >= 0.6 is 11.8 Å². The van der Waals surface area contributed by atoms with Crippen LogP contribution in [0.25, 0.3) is 0 Å². The molecule has 0 saturated heterocycles. The summed E-state index contributed by atoms with van der Waals surface area (Å²) in [7, 11) is -1.56. The second-order valence-electron chi connectivity index (χ2n) is 5.33. The molecular weight excluding hydrogens is 325 g/mol. The fourth-order valence-corrected chi connectivity index (χ4v) is 3.60. The van der Waals surface area contributed by atoms with E-state index >= 15 is 0 Å². The topological polar surface area (TPSA) is 54.5 Å². The van der Waals surface area contributed by atoms with Crippen LogP contribution in [0.3, 0.4) is 0 Å². The molecule has 1 amide bonds. The van der Waals surface area contributed by atoms with Crippen molar-refractivity contribution in [3.05, 3.63) is 30.1 Å². The summed E-state index contributed by atoms with van der Waals surface area (Å²) < 4.78 is 35.9. The molecular formula is C15H22FNO3S2. The van der Waals surface area contributed by atoms with Crippen molar-refractivity contribution in [2.75, 3.05) is 19.1 Å². The molecule has 1 rings (SSSR count). The molecule has 22 heavy (non-hydrogen) atoms. The minimum atomic E-state index is -3.18. The summed E-state index contributed by atoms with van der Waals surface area (Å²) in [5.41, 5.74) is 0. The van der Waals surface area contributed by atoms with Gasteiger partial charge in [0.15, 0.2) is 9.84 Å². The van der Waals surface area contributed by atoms with Crippen LogP contribution in [-0.4, -0.2) is 49.6 Å². The molecule has 0 aromatic heterocycles. The third-order valence-corrected chi connectivity index (χ3v) is 6.52. The highest BCUT2D eigenvalue weighted by molar-refractivity contribution is 7.99. The molecule has 0 heterocycles. The van der Waals surface area contributed by atoms with Crippen LogP contribution < -0.4 is 0 Å². The quantitative estimate of drug-likeness (QED) is 0.712. The number of nitrogens with zero attached hydrogens (tertiary/aromatic N) is 1. The molecule has 2 unspecified atom stereocenters. The summed E-state index contributed by atoms with van der Waals surface area (Å²) in [6.45, 7) is 3.34. The Morgan fingerprint density at radius 3 is 2.32 bits per heavy atom. The molecule has 0 bridgehead atoms. The van der Waals surface area contributed by atoms with E-state index in [0.29, 0.717) is 12.2 Å². The summed E-state index contributed by atoms with van der Waals surface area (Å²) in [5, 5.41) is -0.605. The van der Waals surface area contributed by atoms with Gasteiger partial charge in [-0.15, -0.1) is 11.8 Å². The fourth-order valence-electron chi connectivity index (χ4n) is 1.86. The first-order chi connectivity index (χ1) is 10.1. The Hall–Kier alpha value is -1.08. The van der Waals surface area contributed by atoms with Crippen LogP contribution in [0.5, 0.6) is 0 Å². The van der Waals surface area contributed by atoms with Crippen LogP contribution in [0.4, 0.5) is 4.39 Å². The number of carbonyl (C=O) groups excluding carboxylic acids is 1. The molecule has 1 aromatic rings. The van der Waals surface area contributed by atoms with Crippen molar-refractivity contribution in [2.45, 2.75) is 36.5 Å². The van der Waals surface area contributed by atoms with E-state index in [-0.39, 0.29) is 17.8 Å². The molecule has 0 fully saturated rings. The number of rotatable bonds is 7. The minimum Gasteiger partial charge on any atom is -0.342 e. The summed E-state index contributed by atoms with van der Waals surface area (Å²) in [4.78, 5) is 14.5. The van der Waals surface area contributed by atoms with Gasteiger partial charge < -0.3 is 4.90 Å². The number of sulfone groups is 1. The average Bonchev–Trinajstić information content (AvgIpc) is 2.45. The number of hydrogen-bond donors (Lipinski definition) is 0. The molecule has 0 saturated carbocycles. The zero-order valence-electron chi connectivity index (χ0n) is 13.2. The highest BCUT2D eigenvalue weighted by Gasteiger charge is 2.27. The van der Waals surface area contributed by atoms with Gasteiger partial charge in [-0.25, -0.2) is 12.8 Å². The largest absolute Gasteiger partial charge is 0.342 e. The highest BCUT2D eigenvalue weighted by Crippen LogP contribution is 2.20. The normalized spacial score (nSPS) is 14.4. The molecule has 0 aliphatic rings. The lowest BCUT2D eigenvalue weighted by Gasteiger charge is -2.29. The van der Waals surface area contributed by atoms with Gasteiger partial charge in [-0.05, 0) is 38.1 Å². The lowest BCUT2D eigenvalue weighted by Crippen LogP contribution is -2.44. The zero-order chi connectivity index (χ0) is 16.9. The number of thioether (sulfide) groups is 1. The lowest BCUT2D eigenvalue weighted by atomic mass is 10.2. The van der Waals surface area contributed by atoms with Gasteiger partial charge in [0.1, 0.15) is 5.82 Å². The standard InChI is InChI=1S/C15H22FNO3S2/c1-11(12(2)22(4,19)20)17(3)15(18)9-10-21-14-7-5-13(16)6-8-14/h5-8,11-12H,9-10H2,1-4H3. The van der Waals surface area contributed by atoms with E-state index in [2.05, 4.69) is 0 Å². The third kappa shape index (κ3) is 5.61. The monoisotopic (exact) mass is 347 g/mol. The van der Waals surface area contributed by atoms with Crippen molar-refractivity contribution in [3.8, 4) is 0 Å². The second kappa shape index (κ2) is 7.97. The van der Waals surface area contributed by atoms with Crippen LogP contribution in [0, 0.1) is 5.82 Å². The van der Waals surface area contributed by atoms with Gasteiger partial charge in [0.2, 0.25) is 5.91 Å². The molecule has 124 valence electrons. The van der Waals surface area contributed by atoms with Gasteiger partial charge in [0.25, 0.3) is 0 Å². The zero-order valence-corrected chi connectivity index (χ0v) is 14.9. The van der Waals surface area contributed by atoms with Gasteiger partial charge in [-0.3, -0.25) is 4.79 Å². The molecule has 0 spiro atoms. The average molecular weight is 347 g/mol. The molecule has 0 aliphatic heterocycles. The predicted molar refractivity (Wildman–Crippen MR) is 88.3 cm³/mol. The number of halogens is 1. The SMILES string of the molecule is CC(C(C)S(C)(=O)=O)N(C)C(=O)CCSc1ccc(F)cc1. The van der Waals surface area contributed by atoms with Crippen LogP contribution in [0.15, 0.2) is 29.2 Å². The summed E-state index contributed by atoms with van der Waals surface area (Å²) in [6.07, 6.45) is 1.48. The van der Waals surface area contributed by atoms with Crippen molar-refractivity contribution in [1.82, 2.24) is 4.90 Å². The van der Waals surface area contributed by atoms with E-state index in [1.807, 2.05) is 0 Å². The van der Waals surface area contributed by atoms with E-state index in [1.165, 1.54) is 35.1 Å². The number of hydrogen-bond acceptors (Lipinski definition) is 4. The summed E-state index contributed by atoms with van der Waals surface area (Å²) in [6, 6.07) is 5.72. The van der Waals surface area contributed by atoms with Crippen LogP contribution in [-0.2, 0) is 14.6 Å². The van der Waals surface area contributed by atoms with E-state index in [9.17, 15) is 17.6 Å². The lowest BCUT2D eigenvalue weighted by molar-refractivity contribution is -0.131. The highest BCUT2D eigenvalue weighted by atomic mass is 32.2. The first-order valence-electron chi connectivity index (χ1n) is 6.96. The van der Waals surface area contributed by atoms with Crippen LogP contribution in [0.1, 0.15) is 20.3 Å². The first-order valence-corrected chi connectivity index (χ1v) is 9.90. The Labute approximate surface area is 136 Å². The molecule has 0 N–H and O–H groups in total. The van der Waals surface area contributed by atoms with Crippen molar-refractivity contribution in [2.24, 2.45) is 0 Å². The van der Waals surface area contributed by atoms with Crippen LogP contribution in [0.2, 0.25) is 0 Å². The van der Waals surface area contributed by atoms with Crippen molar-refractivity contribution in [3.63, 3.8) is 0 Å². The van der Waals surface area contributed by atoms with E-state index in [0.717, 1.165) is 4.90 Å². The van der Waals surface area contributed by atoms with E-state index < -0.39 is 15.1 Å². The molecule has 0 aliphatic carbocycles. The van der Waals surface area contributed by atoms with Crippen molar-refractivity contribution >= 4 is 27.5 Å². The maximum Gasteiger partial charge on any atom is 0.223 e. The molecule has 2 atom stereocenters. The van der Waals surface area contributed by atoms with E-state index in [4.69, 9.17) is 0 Å². The number of amides is 1. The van der Waals surface area contributed by atoms with Crippen molar-refractivity contribution in [1.29, 1.82) is 0 Å². The molecule has 0 radical (unpaired) electrons. The van der Waals surface area contributed by atoms with E-state index in [1.54, 1.807) is 33.0 Å². The maximum atomic E-state index is 12.8. The summed E-state index contributed by atoms with van der Waals surface area (Å²) in [5.74, 6) is 0.177. The Balaban J connectivity index is 2.49. The number of carbonyl (C=O) groups is 1. The molecule has 1 aromatic carbocycles.